The van der Waals surface area contributed by atoms with E-state index in [1.807, 2.05) is 25.2 Å². The van der Waals surface area contributed by atoms with Crippen LogP contribution in [0.5, 0.6) is 0 Å². The molecule has 0 aliphatic carbocycles. The summed E-state index contributed by atoms with van der Waals surface area (Å²) in [6.07, 6.45) is 3.61. The van der Waals surface area contributed by atoms with E-state index < -0.39 is 0 Å². The van der Waals surface area contributed by atoms with Gasteiger partial charge in [-0.2, -0.15) is 0 Å². The van der Waals surface area contributed by atoms with Crippen LogP contribution in [-0.4, -0.2) is 42.0 Å². The summed E-state index contributed by atoms with van der Waals surface area (Å²) in [5, 5.41) is 3.20. The zero-order valence-electron chi connectivity index (χ0n) is 11.5. The van der Waals surface area contributed by atoms with E-state index in [9.17, 15) is 4.79 Å². The first-order valence-corrected chi connectivity index (χ1v) is 6.50. The molecule has 1 rings (SSSR count). The lowest BCUT2D eigenvalue weighted by Crippen LogP contribution is -2.39. The predicted molar refractivity (Wildman–Crippen MR) is 73.3 cm³/mol. The number of carbonyl (C=O) groups excluding carboxylic acids is 1. The van der Waals surface area contributed by atoms with Gasteiger partial charge in [-0.15, -0.1) is 0 Å². The highest BCUT2D eigenvalue weighted by atomic mass is 16.2. The SMILES string of the molecule is CCC(C)NCC(=O)N(C)CCc1ccccn1. The van der Waals surface area contributed by atoms with E-state index in [-0.39, 0.29) is 5.91 Å². The zero-order chi connectivity index (χ0) is 13.4. The Hall–Kier alpha value is -1.42. The van der Waals surface area contributed by atoms with Crippen LogP contribution in [0.4, 0.5) is 0 Å². The van der Waals surface area contributed by atoms with Crippen LogP contribution in [-0.2, 0) is 11.2 Å². The molecule has 0 aliphatic heterocycles. The van der Waals surface area contributed by atoms with Gasteiger partial charge in [-0.25, -0.2) is 0 Å². The van der Waals surface area contributed by atoms with Crippen molar-refractivity contribution >= 4 is 5.91 Å². The summed E-state index contributed by atoms with van der Waals surface area (Å²) < 4.78 is 0. The van der Waals surface area contributed by atoms with Crippen LogP contribution < -0.4 is 5.32 Å². The standard InChI is InChI=1S/C14H23N3O/c1-4-12(2)16-11-14(18)17(3)10-8-13-7-5-6-9-15-13/h5-7,9,12,16H,4,8,10-11H2,1-3H3. The summed E-state index contributed by atoms with van der Waals surface area (Å²) >= 11 is 0. The van der Waals surface area contributed by atoms with E-state index >= 15 is 0 Å². The summed E-state index contributed by atoms with van der Waals surface area (Å²) in [7, 11) is 1.84. The molecule has 0 saturated carbocycles. The van der Waals surface area contributed by atoms with Gasteiger partial charge in [0.05, 0.1) is 6.54 Å². The van der Waals surface area contributed by atoms with Gasteiger partial charge in [-0.1, -0.05) is 13.0 Å². The van der Waals surface area contributed by atoms with E-state index in [0.29, 0.717) is 19.1 Å². The first-order valence-electron chi connectivity index (χ1n) is 6.50. The van der Waals surface area contributed by atoms with Crippen molar-refractivity contribution in [2.45, 2.75) is 32.7 Å². The van der Waals surface area contributed by atoms with Crippen molar-refractivity contribution in [2.75, 3.05) is 20.1 Å². The van der Waals surface area contributed by atoms with Gasteiger partial charge < -0.3 is 10.2 Å². The second kappa shape index (κ2) is 7.82. The van der Waals surface area contributed by atoms with Gasteiger partial charge >= 0.3 is 0 Å². The van der Waals surface area contributed by atoms with Gasteiger partial charge in [0.25, 0.3) is 0 Å². The summed E-state index contributed by atoms with van der Waals surface area (Å²) in [5.41, 5.74) is 1.02. The molecule has 1 atom stereocenters. The number of carbonyl (C=O) groups is 1. The molecular formula is C14H23N3O. The first kappa shape index (κ1) is 14.6. The molecule has 4 nitrogen and oxygen atoms in total. The van der Waals surface area contributed by atoms with Crippen LogP contribution in [0.2, 0.25) is 0 Å². The Bertz CT molecular complexity index is 353. The topological polar surface area (TPSA) is 45.2 Å². The fourth-order valence-electron chi connectivity index (χ4n) is 1.49. The third-order valence-corrected chi connectivity index (χ3v) is 3.07. The molecule has 1 aromatic heterocycles. The normalized spacial score (nSPS) is 12.2. The third kappa shape index (κ3) is 5.27. The van der Waals surface area contributed by atoms with Gasteiger partial charge in [-0.05, 0) is 25.5 Å². The van der Waals surface area contributed by atoms with Crippen molar-refractivity contribution < 1.29 is 4.79 Å². The zero-order valence-corrected chi connectivity index (χ0v) is 11.5. The van der Waals surface area contributed by atoms with Crippen molar-refractivity contribution in [3.63, 3.8) is 0 Å². The molecule has 1 N–H and O–H groups in total. The molecular weight excluding hydrogens is 226 g/mol. The molecule has 0 aliphatic rings. The number of aromatic nitrogens is 1. The number of pyridine rings is 1. The Labute approximate surface area is 109 Å². The maximum atomic E-state index is 11.8. The number of hydrogen-bond acceptors (Lipinski definition) is 3. The first-order chi connectivity index (χ1) is 8.63. The Morgan fingerprint density at radius 3 is 2.89 bits per heavy atom. The van der Waals surface area contributed by atoms with Crippen LogP contribution in [0.1, 0.15) is 26.0 Å². The third-order valence-electron chi connectivity index (χ3n) is 3.07. The summed E-state index contributed by atoms with van der Waals surface area (Å²) in [4.78, 5) is 17.8. The Kier molecular flexibility index (Phi) is 6.36. The van der Waals surface area contributed by atoms with Crippen molar-refractivity contribution in [1.29, 1.82) is 0 Å². The van der Waals surface area contributed by atoms with Crippen LogP contribution in [0.3, 0.4) is 0 Å². The Morgan fingerprint density at radius 1 is 1.50 bits per heavy atom. The van der Waals surface area contributed by atoms with Gasteiger partial charge in [0.15, 0.2) is 0 Å². The highest BCUT2D eigenvalue weighted by Gasteiger charge is 2.09. The van der Waals surface area contributed by atoms with Crippen molar-refractivity contribution in [3.05, 3.63) is 30.1 Å². The van der Waals surface area contributed by atoms with Crippen LogP contribution >= 0.6 is 0 Å². The van der Waals surface area contributed by atoms with Crippen LogP contribution in [0, 0.1) is 0 Å². The molecule has 0 bridgehead atoms. The minimum absolute atomic E-state index is 0.131. The molecule has 0 spiro atoms. The van der Waals surface area contributed by atoms with Gasteiger partial charge in [0.2, 0.25) is 5.91 Å². The molecule has 0 radical (unpaired) electrons. The lowest BCUT2D eigenvalue weighted by Gasteiger charge is -2.18. The molecule has 1 heterocycles. The summed E-state index contributed by atoms with van der Waals surface area (Å²) in [6, 6.07) is 6.23. The van der Waals surface area contributed by atoms with Crippen molar-refractivity contribution in [1.82, 2.24) is 15.2 Å². The molecule has 0 aromatic carbocycles. The summed E-state index contributed by atoms with van der Waals surface area (Å²) in [5.74, 6) is 0.131. The van der Waals surface area contributed by atoms with Crippen LogP contribution in [0.15, 0.2) is 24.4 Å². The molecule has 0 fully saturated rings. The summed E-state index contributed by atoms with van der Waals surface area (Å²) in [6.45, 7) is 5.31. The maximum absolute atomic E-state index is 11.8. The molecule has 0 saturated heterocycles. The minimum Gasteiger partial charge on any atom is -0.344 e. The Balaban J connectivity index is 2.27. The van der Waals surface area contributed by atoms with Gasteiger partial charge in [0.1, 0.15) is 0 Å². The largest absolute Gasteiger partial charge is 0.344 e. The molecule has 100 valence electrons. The maximum Gasteiger partial charge on any atom is 0.236 e. The highest BCUT2D eigenvalue weighted by molar-refractivity contribution is 5.77. The number of nitrogens with one attached hydrogen (secondary N) is 1. The van der Waals surface area contributed by atoms with E-state index in [1.54, 1.807) is 11.1 Å². The number of nitrogens with zero attached hydrogens (tertiary/aromatic N) is 2. The lowest BCUT2D eigenvalue weighted by atomic mass is 10.2. The van der Waals surface area contributed by atoms with Gasteiger partial charge in [-0.3, -0.25) is 9.78 Å². The smallest absolute Gasteiger partial charge is 0.236 e. The second-order valence-corrected chi connectivity index (χ2v) is 4.58. The molecule has 1 aromatic rings. The average molecular weight is 249 g/mol. The fraction of sp³-hybridized carbons (Fsp3) is 0.571. The quantitative estimate of drug-likeness (QED) is 0.796. The van der Waals surface area contributed by atoms with E-state index in [4.69, 9.17) is 0 Å². The molecule has 1 unspecified atom stereocenters. The highest BCUT2D eigenvalue weighted by Crippen LogP contribution is 1.97. The van der Waals surface area contributed by atoms with E-state index in [1.165, 1.54) is 0 Å². The Morgan fingerprint density at radius 2 is 2.28 bits per heavy atom. The van der Waals surface area contributed by atoms with Gasteiger partial charge in [0, 0.05) is 37.9 Å². The number of hydrogen-bond donors (Lipinski definition) is 1. The minimum atomic E-state index is 0.131. The monoisotopic (exact) mass is 249 g/mol. The van der Waals surface area contributed by atoms with Crippen molar-refractivity contribution in [3.8, 4) is 0 Å². The lowest BCUT2D eigenvalue weighted by molar-refractivity contribution is -0.129. The molecule has 18 heavy (non-hydrogen) atoms. The fourth-order valence-corrected chi connectivity index (χ4v) is 1.49. The number of amides is 1. The number of likely N-dealkylation sites (N-methyl/N-ethyl adjacent to an activating group) is 1. The molecule has 4 heteroatoms. The number of rotatable bonds is 7. The average Bonchev–Trinajstić information content (AvgIpc) is 2.42. The van der Waals surface area contributed by atoms with E-state index in [0.717, 1.165) is 18.5 Å². The molecule has 1 amide bonds. The van der Waals surface area contributed by atoms with E-state index in [2.05, 4.69) is 24.1 Å². The second-order valence-electron chi connectivity index (χ2n) is 4.58. The van der Waals surface area contributed by atoms with Crippen molar-refractivity contribution in [2.24, 2.45) is 0 Å². The predicted octanol–water partition coefficient (Wildman–Crippen LogP) is 1.47. The van der Waals surface area contributed by atoms with Crippen LogP contribution in [0.25, 0.3) is 0 Å².